The SMILES string of the molecule is Cn1cc(CNC(=O)NC2Cc3ccccc3C2)c(C(F)(F)F)n1. The third-order valence-electron chi connectivity index (χ3n) is 4.00. The smallest absolute Gasteiger partial charge is 0.335 e. The van der Waals surface area contributed by atoms with Crippen molar-refractivity contribution in [3.8, 4) is 0 Å². The maximum Gasteiger partial charge on any atom is 0.435 e. The summed E-state index contributed by atoms with van der Waals surface area (Å²) in [4.78, 5) is 12.0. The third kappa shape index (κ3) is 3.52. The fourth-order valence-corrected chi connectivity index (χ4v) is 2.98. The van der Waals surface area contributed by atoms with Gasteiger partial charge in [-0.2, -0.15) is 18.3 Å². The molecule has 1 aromatic heterocycles. The number of aryl methyl sites for hydroxylation is 1. The van der Waals surface area contributed by atoms with Crippen LogP contribution < -0.4 is 10.6 Å². The van der Waals surface area contributed by atoms with Gasteiger partial charge in [0.15, 0.2) is 5.69 Å². The highest BCUT2D eigenvalue weighted by Gasteiger charge is 2.36. The maximum absolute atomic E-state index is 12.9. The molecule has 0 saturated heterocycles. The van der Waals surface area contributed by atoms with E-state index in [1.165, 1.54) is 24.4 Å². The number of hydrogen-bond acceptors (Lipinski definition) is 2. The van der Waals surface area contributed by atoms with Gasteiger partial charge < -0.3 is 10.6 Å². The van der Waals surface area contributed by atoms with Crippen molar-refractivity contribution in [2.75, 3.05) is 0 Å². The lowest BCUT2D eigenvalue weighted by atomic mass is 10.1. The summed E-state index contributed by atoms with van der Waals surface area (Å²) in [5, 5.41) is 8.69. The van der Waals surface area contributed by atoms with E-state index in [1.54, 1.807) is 0 Å². The number of halogens is 3. The van der Waals surface area contributed by atoms with Gasteiger partial charge in [0, 0.05) is 31.4 Å². The largest absolute Gasteiger partial charge is 0.435 e. The standard InChI is InChI=1S/C16H17F3N4O/c1-23-9-12(14(22-23)16(17,18)19)8-20-15(24)21-13-6-10-4-2-3-5-11(10)7-13/h2-5,9,13H,6-8H2,1H3,(H2,20,21,24). The summed E-state index contributed by atoms with van der Waals surface area (Å²) in [5.74, 6) is 0. The van der Waals surface area contributed by atoms with Crippen LogP contribution in [0.3, 0.4) is 0 Å². The van der Waals surface area contributed by atoms with Crippen LogP contribution in [0.2, 0.25) is 0 Å². The number of amides is 2. The van der Waals surface area contributed by atoms with Crippen LogP contribution in [0.5, 0.6) is 0 Å². The maximum atomic E-state index is 12.9. The van der Waals surface area contributed by atoms with E-state index in [4.69, 9.17) is 0 Å². The number of benzene rings is 1. The minimum Gasteiger partial charge on any atom is -0.335 e. The lowest BCUT2D eigenvalue weighted by Crippen LogP contribution is -2.42. The van der Waals surface area contributed by atoms with Gasteiger partial charge in [-0.3, -0.25) is 4.68 Å². The Kier molecular flexibility index (Phi) is 4.21. The van der Waals surface area contributed by atoms with E-state index in [9.17, 15) is 18.0 Å². The summed E-state index contributed by atoms with van der Waals surface area (Å²) >= 11 is 0. The van der Waals surface area contributed by atoms with Gasteiger partial charge in [-0.1, -0.05) is 24.3 Å². The number of hydrogen-bond donors (Lipinski definition) is 2. The van der Waals surface area contributed by atoms with E-state index >= 15 is 0 Å². The van der Waals surface area contributed by atoms with Gasteiger partial charge in [0.05, 0.1) is 0 Å². The second kappa shape index (κ2) is 6.18. The molecule has 2 amide bonds. The highest BCUT2D eigenvalue weighted by molar-refractivity contribution is 5.74. The molecule has 24 heavy (non-hydrogen) atoms. The van der Waals surface area contributed by atoms with E-state index in [1.807, 2.05) is 24.3 Å². The molecule has 128 valence electrons. The van der Waals surface area contributed by atoms with Gasteiger partial charge in [-0.25, -0.2) is 4.79 Å². The molecule has 3 rings (SSSR count). The molecule has 8 heteroatoms. The van der Waals surface area contributed by atoms with Crippen LogP contribution in [0.25, 0.3) is 0 Å². The Morgan fingerprint density at radius 3 is 2.50 bits per heavy atom. The first-order valence-corrected chi connectivity index (χ1v) is 7.54. The molecule has 1 aliphatic rings. The number of nitrogens with zero attached hydrogens (tertiary/aromatic N) is 2. The van der Waals surface area contributed by atoms with Gasteiger partial charge >= 0.3 is 12.2 Å². The van der Waals surface area contributed by atoms with E-state index in [2.05, 4.69) is 15.7 Å². The number of aromatic nitrogens is 2. The zero-order valence-electron chi connectivity index (χ0n) is 13.0. The molecule has 0 fully saturated rings. The van der Waals surface area contributed by atoms with Gasteiger partial charge in [-0.15, -0.1) is 0 Å². The summed E-state index contributed by atoms with van der Waals surface area (Å²) in [6.45, 7) is -0.228. The van der Waals surface area contributed by atoms with E-state index < -0.39 is 17.9 Å². The molecule has 1 aliphatic carbocycles. The summed E-state index contributed by atoms with van der Waals surface area (Å²) in [7, 11) is 1.41. The number of carbonyl (C=O) groups excluding carboxylic acids is 1. The lowest BCUT2D eigenvalue weighted by Gasteiger charge is -2.13. The van der Waals surface area contributed by atoms with Crippen LogP contribution in [0, 0.1) is 0 Å². The number of rotatable bonds is 3. The Labute approximate surface area is 136 Å². The average molecular weight is 338 g/mol. The predicted molar refractivity (Wildman–Crippen MR) is 81.2 cm³/mol. The summed E-state index contributed by atoms with van der Waals surface area (Å²) in [5.41, 5.74) is 1.34. The molecule has 2 N–H and O–H groups in total. The van der Waals surface area contributed by atoms with E-state index in [-0.39, 0.29) is 18.2 Å². The van der Waals surface area contributed by atoms with E-state index in [0.29, 0.717) is 0 Å². The van der Waals surface area contributed by atoms with Crippen LogP contribution in [-0.2, 0) is 32.6 Å². The Hall–Kier alpha value is -2.51. The highest BCUT2D eigenvalue weighted by atomic mass is 19.4. The van der Waals surface area contributed by atoms with Crippen molar-refractivity contribution < 1.29 is 18.0 Å². The number of fused-ring (bicyclic) bond motifs is 1. The zero-order valence-corrected chi connectivity index (χ0v) is 13.0. The Morgan fingerprint density at radius 1 is 1.29 bits per heavy atom. The average Bonchev–Trinajstić information content (AvgIpc) is 3.07. The molecule has 0 bridgehead atoms. The normalized spacial score (nSPS) is 14.5. The fourth-order valence-electron chi connectivity index (χ4n) is 2.98. The van der Waals surface area contributed by atoms with Gasteiger partial charge in [0.1, 0.15) is 0 Å². The predicted octanol–water partition coefficient (Wildman–Crippen LogP) is 2.41. The van der Waals surface area contributed by atoms with Gasteiger partial charge in [0.25, 0.3) is 0 Å². The molecule has 5 nitrogen and oxygen atoms in total. The molecule has 0 unspecified atom stereocenters. The van der Waals surface area contributed by atoms with Crippen molar-refractivity contribution >= 4 is 6.03 Å². The minimum absolute atomic E-state index is 0.0432. The number of carbonyl (C=O) groups is 1. The van der Waals surface area contributed by atoms with Crippen molar-refractivity contribution in [1.29, 1.82) is 0 Å². The second-order valence-corrected chi connectivity index (χ2v) is 5.88. The Bertz CT molecular complexity index is 729. The highest BCUT2D eigenvalue weighted by Crippen LogP contribution is 2.30. The van der Waals surface area contributed by atoms with Crippen molar-refractivity contribution in [2.45, 2.75) is 31.6 Å². The summed E-state index contributed by atoms with van der Waals surface area (Å²) < 4.78 is 39.7. The molecule has 0 spiro atoms. The molecule has 0 radical (unpaired) electrons. The number of urea groups is 1. The molecular weight excluding hydrogens is 321 g/mol. The lowest BCUT2D eigenvalue weighted by molar-refractivity contribution is -0.142. The van der Waals surface area contributed by atoms with Crippen molar-refractivity contribution in [3.63, 3.8) is 0 Å². The van der Waals surface area contributed by atoms with Gasteiger partial charge in [-0.05, 0) is 24.0 Å². The van der Waals surface area contributed by atoms with Crippen molar-refractivity contribution in [1.82, 2.24) is 20.4 Å². The first-order valence-electron chi connectivity index (χ1n) is 7.54. The van der Waals surface area contributed by atoms with Crippen molar-refractivity contribution in [3.05, 3.63) is 52.8 Å². The summed E-state index contributed by atoms with van der Waals surface area (Å²) in [6.07, 6.45) is -1.83. The van der Waals surface area contributed by atoms with Crippen LogP contribution >= 0.6 is 0 Å². The number of nitrogens with one attached hydrogen (secondary N) is 2. The van der Waals surface area contributed by atoms with Crippen LogP contribution in [0.1, 0.15) is 22.4 Å². The minimum atomic E-state index is -4.54. The quantitative estimate of drug-likeness (QED) is 0.903. The Morgan fingerprint density at radius 2 is 1.92 bits per heavy atom. The molecule has 0 atom stereocenters. The molecule has 1 aromatic carbocycles. The zero-order chi connectivity index (χ0) is 17.3. The van der Waals surface area contributed by atoms with Crippen molar-refractivity contribution in [2.24, 2.45) is 7.05 Å². The fraction of sp³-hybridized carbons (Fsp3) is 0.375. The second-order valence-electron chi connectivity index (χ2n) is 5.88. The molecule has 0 saturated carbocycles. The van der Waals surface area contributed by atoms with Crippen LogP contribution in [0.4, 0.5) is 18.0 Å². The first-order chi connectivity index (χ1) is 11.3. The summed E-state index contributed by atoms with van der Waals surface area (Å²) in [6, 6.07) is 7.40. The Balaban J connectivity index is 1.56. The van der Waals surface area contributed by atoms with Crippen LogP contribution in [0.15, 0.2) is 30.5 Å². The van der Waals surface area contributed by atoms with E-state index in [0.717, 1.165) is 17.5 Å². The van der Waals surface area contributed by atoms with Crippen LogP contribution in [-0.4, -0.2) is 21.9 Å². The third-order valence-corrected chi connectivity index (χ3v) is 4.00. The van der Waals surface area contributed by atoms with Gasteiger partial charge in [0.2, 0.25) is 0 Å². The molecule has 0 aliphatic heterocycles. The number of alkyl halides is 3. The molecular formula is C16H17F3N4O. The first kappa shape index (κ1) is 16.4. The monoisotopic (exact) mass is 338 g/mol. The molecule has 2 aromatic rings. The molecule has 1 heterocycles. The topological polar surface area (TPSA) is 59.0 Å².